The molecule has 0 saturated heterocycles. The second kappa shape index (κ2) is 9.10. The van der Waals surface area contributed by atoms with Crippen LogP contribution < -0.4 is 9.47 Å². The zero-order valence-electron chi connectivity index (χ0n) is 15.6. The molecular formula is C20H14BrClN2O6. The van der Waals surface area contributed by atoms with Crippen molar-refractivity contribution in [2.24, 2.45) is 4.99 Å². The number of methoxy groups -OCH3 is 1. The Labute approximate surface area is 184 Å². The number of benzene rings is 2. The number of aliphatic imine (C=N–C) groups is 1. The highest BCUT2D eigenvalue weighted by molar-refractivity contribution is 9.10. The summed E-state index contributed by atoms with van der Waals surface area (Å²) in [6, 6.07) is 7.42. The summed E-state index contributed by atoms with van der Waals surface area (Å²) in [4.78, 5) is 26.9. The Kier molecular flexibility index (Phi) is 6.53. The number of hydrogen-bond donors (Lipinski definition) is 0. The minimum Gasteiger partial charge on any atom is -0.493 e. The van der Waals surface area contributed by atoms with Gasteiger partial charge in [-0.2, -0.15) is 0 Å². The molecule has 8 nitrogen and oxygen atoms in total. The van der Waals surface area contributed by atoms with Crippen LogP contribution in [0.25, 0.3) is 6.08 Å². The van der Waals surface area contributed by atoms with Gasteiger partial charge in [0.2, 0.25) is 5.90 Å². The molecule has 0 N–H and O–H groups in total. The largest absolute Gasteiger partial charge is 0.493 e. The van der Waals surface area contributed by atoms with Gasteiger partial charge in [0.1, 0.15) is 11.6 Å². The van der Waals surface area contributed by atoms with Gasteiger partial charge in [0.15, 0.2) is 17.2 Å². The number of hydrogen-bond acceptors (Lipinski definition) is 7. The lowest BCUT2D eigenvalue weighted by Crippen LogP contribution is -2.06. The van der Waals surface area contributed by atoms with E-state index < -0.39 is 10.9 Å². The van der Waals surface area contributed by atoms with Crippen LogP contribution in [0, 0.1) is 10.1 Å². The highest BCUT2D eigenvalue weighted by atomic mass is 79.9. The first-order valence-electron chi connectivity index (χ1n) is 8.42. The molecule has 30 heavy (non-hydrogen) atoms. The highest BCUT2D eigenvalue weighted by Gasteiger charge is 2.26. The molecule has 154 valence electrons. The van der Waals surface area contributed by atoms with Gasteiger partial charge in [-0.25, -0.2) is 9.79 Å². The second-order valence-corrected chi connectivity index (χ2v) is 7.15. The first-order chi connectivity index (χ1) is 14.3. The second-order valence-electron chi connectivity index (χ2n) is 5.89. The summed E-state index contributed by atoms with van der Waals surface area (Å²) in [6.45, 7) is 3.90. The van der Waals surface area contributed by atoms with Gasteiger partial charge in [-0.15, -0.1) is 0 Å². The number of carbonyl (C=O) groups is 1. The number of nitrogens with zero attached hydrogens (tertiary/aromatic N) is 2. The first kappa shape index (κ1) is 21.5. The topological polar surface area (TPSA) is 100 Å². The van der Waals surface area contributed by atoms with Gasteiger partial charge in [-0.3, -0.25) is 10.1 Å². The zero-order valence-corrected chi connectivity index (χ0v) is 17.9. The number of cyclic esters (lactones) is 1. The molecule has 10 heteroatoms. The quantitative estimate of drug-likeness (QED) is 0.178. The Morgan fingerprint density at radius 3 is 2.80 bits per heavy atom. The minimum absolute atomic E-state index is 0.0244. The van der Waals surface area contributed by atoms with E-state index in [0.717, 1.165) is 0 Å². The average molecular weight is 494 g/mol. The Balaban J connectivity index is 1.96. The molecule has 2 aromatic rings. The Bertz CT molecular complexity index is 1110. The Hall–Kier alpha value is -3.17. The molecule has 0 amide bonds. The maximum atomic E-state index is 12.3. The van der Waals surface area contributed by atoms with Crippen molar-refractivity contribution in [2.45, 2.75) is 0 Å². The number of nitro groups is 1. The van der Waals surface area contributed by atoms with E-state index in [0.29, 0.717) is 28.1 Å². The van der Waals surface area contributed by atoms with Gasteiger partial charge in [0.25, 0.3) is 5.69 Å². The number of halogens is 2. The van der Waals surface area contributed by atoms with E-state index >= 15 is 0 Å². The van der Waals surface area contributed by atoms with Crippen LogP contribution in [-0.2, 0) is 9.53 Å². The number of esters is 1. The van der Waals surface area contributed by atoms with E-state index in [-0.39, 0.29) is 27.9 Å². The zero-order chi connectivity index (χ0) is 21.8. The van der Waals surface area contributed by atoms with E-state index in [9.17, 15) is 14.9 Å². The van der Waals surface area contributed by atoms with Crippen LogP contribution >= 0.6 is 27.5 Å². The fourth-order valence-corrected chi connectivity index (χ4v) is 3.34. The number of carbonyl (C=O) groups excluding carboxylic acids is 1. The standard InChI is InChI=1S/C20H14BrClN2O6/c1-3-6-29-18-13(21)7-11(9-17(18)28-2)8-15-20(25)30-19(23-15)12-4-5-14(22)16(10-12)24(26)27/h3-5,7-10H,1,6H2,2H3/b15-8-. The third kappa shape index (κ3) is 4.52. The highest BCUT2D eigenvalue weighted by Crippen LogP contribution is 2.37. The molecule has 0 aliphatic carbocycles. The van der Waals surface area contributed by atoms with Gasteiger partial charge in [-0.1, -0.05) is 24.3 Å². The Morgan fingerprint density at radius 1 is 1.37 bits per heavy atom. The lowest BCUT2D eigenvalue weighted by atomic mass is 10.1. The van der Waals surface area contributed by atoms with Crippen LogP contribution in [0.15, 0.2) is 58.1 Å². The predicted octanol–water partition coefficient (Wildman–Crippen LogP) is 4.93. The summed E-state index contributed by atoms with van der Waals surface area (Å²) in [6.07, 6.45) is 3.11. The molecule has 0 aromatic heterocycles. The SMILES string of the molecule is C=CCOc1c(Br)cc(/C=C2\N=C(c3ccc(Cl)c([N+](=O)[O-])c3)OC2=O)cc1OC. The van der Waals surface area contributed by atoms with Gasteiger partial charge in [0, 0.05) is 11.6 Å². The lowest BCUT2D eigenvalue weighted by Gasteiger charge is -2.12. The molecule has 0 fully saturated rings. The molecule has 0 spiro atoms. The summed E-state index contributed by atoms with van der Waals surface area (Å²) >= 11 is 9.23. The minimum atomic E-state index is -0.690. The van der Waals surface area contributed by atoms with Crippen molar-refractivity contribution in [1.82, 2.24) is 0 Å². The van der Waals surface area contributed by atoms with Crippen LogP contribution in [0.2, 0.25) is 5.02 Å². The summed E-state index contributed by atoms with van der Waals surface area (Å²) < 4.78 is 16.7. The predicted molar refractivity (Wildman–Crippen MR) is 115 cm³/mol. The van der Waals surface area contributed by atoms with Crippen LogP contribution in [0.1, 0.15) is 11.1 Å². The molecule has 0 saturated carbocycles. The molecule has 1 aliphatic rings. The maximum Gasteiger partial charge on any atom is 0.363 e. The Morgan fingerprint density at radius 2 is 2.13 bits per heavy atom. The third-order valence-electron chi connectivity index (χ3n) is 3.91. The summed E-state index contributed by atoms with van der Waals surface area (Å²) in [5.41, 5.74) is 0.573. The smallest absolute Gasteiger partial charge is 0.363 e. The van der Waals surface area contributed by atoms with E-state index in [4.69, 9.17) is 25.8 Å². The van der Waals surface area contributed by atoms with Crippen molar-refractivity contribution < 1.29 is 23.9 Å². The fraction of sp³-hybridized carbons (Fsp3) is 0.100. The van der Waals surface area contributed by atoms with Gasteiger partial charge < -0.3 is 14.2 Å². The molecule has 1 aliphatic heterocycles. The van der Waals surface area contributed by atoms with Crippen LogP contribution in [-0.4, -0.2) is 30.5 Å². The monoisotopic (exact) mass is 492 g/mol. The number of rotatable bonds is 7. The van der Waals surface area contributed by atoms with Crippen LogP contribution in [0.3, 0.4) is 0 Å². The maximum absolute atomic E-state index is 12.3. The molecule has 3 rings (SSSR count). The van der Waals surface area contributed by atoms with Crippen molar-refractivity contribution >= 4 is 51.2 Å². The molecule has 2 aromatic carbocycles. The van der Waals surface area contributed by atoms with E-state index in [2.05, 4.69) is 27.5 Å². The average Bonchev–Trinajstić information content (AvgIpc) is 3.07. The van der Waals surface area contributed by atoms with Gasteiger partial charge in [-0.05, 0) is 51.8 Å². The van der Waals surface area contributed by atoms with E-state index in [1.807, 2.05) is 0 Å². The summed E-state index contributed by atoms with van der Waals surface area (Å²) in [5.74, 6) is 0.195. The normalized spacial score (nSPS) is 14.3. The number of nitro benzene ring substituents is 1. The molecule has 0 unspecified atom stereocenters. The summed E-state index contributed by atoms with van der Waals surface area (Å²) in [5, 5.41) is 11.0. The molecule has 0 bridgehead atoms. The van der Waals surface area contributed by atoms with Gasteiger partial charge >= 0.3 is 5.97 Å². The number of ether oxygens (including phenoxy) is 3. The third-order valence-corrected chi connectivity index (χ3v) is 4.82. The summed E-state index contributed by atoms with van der Waals surface area (Å²) in [7, 11) is 1.49. The van der Waals surface area contributed by atoms with Crippen molar-refractivity contribution in [1.29, 1.82) is 0 Å². The van der Waals surface area contributed by atoms with Crippen LogP contribution in [0.5, 0.6) is 11.5 Å². The van der Waals surface area contributed by atoms with Gasteiger partial charge in [0.05, 0.1) is 16.5 Å². The first-order valence-corrected chi connectivity index (χ1v) is 9.59. The molecular weight excluding hydrogens is 480 g/mol. The molecule has 0 radical (unpaired) electrons. The van der Waals surface area contributed by atoms with Crippen molar-refractivity contribution in [2.75, 3.05) is 13.7 Å². The fourth-order valence-electron chi connectivity index (χ4n) is 2.58. The lowest BCUT2D eigenvalue weighted by molar-refractivity contribution is -0.384. The van der Waals surface area contributed by atoms with E-state index in [1.54, 1.807) is 18.2 Å². The molecule has 1 heterocycles. The van der Waals surface area contributed by atoms with E-state index in [1.165, 1.54) is 31.4 Å². The van der Waals surface area contributed by atoms with Crippen molar-refractivity contribution in [3.05, 3.63) is 79.4 Å². The van der Waals surface area contributed by atoms with Crippen LogP contribution in [0.4, 0.5) is 5.69 Å². The van der Waals surface area contributed by atoms with Crippen molar-refractivity contribution in [3.8, 4) is 11.5 Å². The van der Waals surface area contributed by atoms with Crippen molar-refractivity contribution in [3.63, 3.8) is 0 Å². The molecule has 0 atom stereocenters.